The molecule has 0 fully saturated rings. The maximum Gasteiger partial charge on any atom is 0.314 e. The lowest BCUT2D eigenvalue weighted by Gasteiger charge is -2.08. The van der Waals surface area contributed by atoms with Crippen LogP contribution >= 0.6 is 0 Å². The van der Waals surface area contributed by atoms with E-state index in [9.17, 15) is 14.4 Å². The molecule has 0 aliphatic rings. The van der Waals surface area contributed by atoms with Gasteiger partial charge in [0, 0.05) is 16.9 Å². The van der Waals surface area contributed by atoms with E-state index in [2.05, 4.69) is 10.6 Å². The van der Waals surface area contributed by atoms with Crippen LogP contribution in [0.5, 0.6) is 5.75 Å². The summed E-state index contributed by atoms with van der Waals surface area (Å²) in [5.41, 5.74) is 1.46. The molecule has 6 nitrogen and oxygen atoms in total. The molecule has 2 N–H and O–H groups in total. The van der Waals surface area contributed by atoms with Gasteiger partial charge in [-0.15, -0.1) is 0 Å². The molecule has 0 spiro atoms. The van der Waals surface area contributed by atoms with Crippen LogP contribution in [0.3, 0.4) is 0 Å². The third-order valence-corrected chi connectivity index (χ3v) is 3.18. The topological polar surface area (TPSA) is 84.5 Å². The summed E-state index contributed by atoms with van der Waals surface area (Å²) in [6, 6.07) is 13.0. The first-order valence-corrected chi connectivity index (χ1v) is 7.46. The fourth-order valence-electron chi connectivity index (χ4n) is 1.97. The third kappa shape index (κ3) is 4.67. The molecule has 2 rings (SSSR count). The van der Waals surface area contributed by atoms with Crippen molar-refractivity contribution < 1.29 is 19.1 Å². The van der Waals surface area contributed by atoms with E-state index in [1.54, 1.807) is 48.5 Å². The smallest absolute Gasteiger partial charge is 0.314 e. The van der Waals surface area contributed by atoms with Crippen LogP contribution in [-0.4, -0.2) is 24.2 Å². The molecule has 0 radical (unpaired) electrons. The summed E-state index contributed by atoms with van der Waals surface area (Å²) in [7, 11) is 0. The summed E-state index contributed by atoms with van der Waals surface area (Å²) in [4.78, 5) is 35.0. The lowest BCUT2D eigenvalue weighted by atomic mass is 10.1. The number of benzene rings is 2. The van der Waals surface area contributed by atoms with Gasteiger partial charge >= 0.3 is 11.8 Å². The van der Waals surface area contributed by atoms with Gasteiger partial charge in [-0.1, -0.05) is 0 Å². The molecular formula is C18H18N2O4. The molecule has 0 aromatic heterocycles. The fourth-order valence-corrected chi connectivity index (χ4v) is 1.97. The summed E-state index contributed by atoms with van der Waals surface area (Å²) < 4.78 is 5.30. The first-order valence-electron chi connectivity index (χ1n) is 7.46. The van der Waals surface area contributed by atoms with Gasteiger partial charge in [-0.2, -0.15) is 0 Å². The van der Waals surface area contributed by atoms with Crippen molar-refractivity contribution in [2.24, 2.45) is 0 Å². The highest BCUT2D eigenvalue weighted by Crippen LogP contribution is 2.16. The van der Waals surface area contributed by atoms with Crippen molar-refractivity contribution in [1.82, 2.24) is 0 Å². The Morgan fingerprint density at radius 3 is 1.71 bits per heavy atom. The van der Waals surface area contributed by atoms with E-state index in [-0.39, 0.29) is 5.78 Å². The van der Waals surface area contributed by atoms with Gasteiger partial charge in [0.25, 0.3) is 0 Å². The highest BCUT2D eigenvalue weighted by atomic mass is 16.5. The first-order chi connectivity index (χ1) is 11.5. The number of anilines is 2. The standard InChI is InChI=1S/C18H18N2O4/c1-3-24-16-10-8-15(9-11-16)20-18(23)17(22)19-14-6-4-13(5-7-14)12(2)21/h4-11H,3H2,1-2H3,(H,19,22)(H,20,23). The van der Waals surface area contributed by atoms with Gasteiger partial charge in [0.05, 0.1) is 6.61 Å². The molecule has 0 saturated carbocycles. The van der Waals surface area contributed by atoms with Gasteiger partial charge in [-0.3, -0.25) is 14.4 Å². The van der Waals surface area contributed by atoms with Crippen molar-refractivity contribution in [3.05, 3.63) is 54.1 Å². The maximum absolute atomic E-state index is 11.9. The summed E-state index contributed by atoms with van der Waals surface area (Å²) >= 11 is 0. The van der Waals surface area contributed by atoms with Gasteiger partial charge in [-0.05, 0) is 62.4 Å². The van der Waals surface area contributed by atoms with E-state index in [4.69, 9.17) is 4.74 Å². The van der Waals surface area contributed by atoms with Crippen LogP contribution < -0.4 is 15.4 Å². The Balaban J connectivity index is 1.94. The number of hydrogen-bond acceptors (Lipinski definition) is 4. The van der Waals surface area contributed by atoms with Crippen LogP contribution in [0.2, 0.25) is 0 Å². The van der Waals surface area contributed by atoms with E-state index in [1.807, 2.05) is 6.92 Å². The number of ketones is 1. The van der Waals surface area contributed by atoms with Gasteiger partial charge in [0.2, 0.25) is 0 Å². The van der Waals surface area contributed by atoms with Crippen LogP contribution in [-0.2, 0) is 9.59 Å². The quantitative estimate of drug-likeness (QED) is 0.653. The highest BCUT2D eigenvalue weighted by molar-refractivity contribution is 6.43. The molecule has 0 aliphatic carbocycles. The Morgan fingerprint density at radius 1 is 0.833 bits per heavy atom. The Bertz CT molecular complexity index is 737. The molecule has 2 aromatic rings. The minimum absolute atomic E-state index is 0.0684. The number of hydrogen-bond donors (Lipinski definition) is 2. The number of carbonyl (C=O) groups is 3. The van der Waals surface area contributed by atoms with Crippen molar-refractivity contribution in [3.8, 4) is 5.75 Å². The van der Waals surface area contributed by atoms with Crippen LogP contribution in [0.15, 0.2) is 48.5 Å². The molecule has 0 heterocycles. The minimum atomic E-state index is -0.792. The predicted octanol–water partition coefficient (Wildman–Crippen LogP) is 2.87. The molecular weight excluding hydrogens is 308 g/mol. The largest absolute Gasteiger partial charge is 0.494 e. The van der Waals surface area contributed by atoms with Crippen LogP contribution in [0.4, 0.5) is 11.4 Å². The second kappa shape index (κ2) is 7.92. The van der Waals surface area contributed by atoms with Gasteiger partial charge in [-0.25, -0.2) is 0 Å². The Labute approximate surface area is 139 Å². The van der Waals surface area contributed by atoms with Crippen LogP contribution in [0.25, 0.3) is 0 Å². The lowest BCUT2D eigenvalue weighted by molar-refractivity contribution is -0.132. The fraction of sp³-hybridized carbons (Fsp3) is 0.167. The monoisotopic (exact) mass is 326 g/mol. The number of ether oxygens (including phenoxy) is 1. The van der Waals surface area contributed by atoms with Crippen molar-refractivity contribution in [3.63, 3.8) is 0 Å². The van der Waals surface area contributed by atoms with E-state index in [0.717, 1.165) is 0 Å². The molecule has 2 aromatic carbocycles. The third-order valence-electron chi connectivity index (χ3n) is 3.18. The summed E-state index contributed by atoms with van der Waals surface area (Å²) in [5, 5.41) is 4.97. The average molecular weight is 326 g/mol. The van der Waals surface area contributed by atoms with Crippen molar-refractivity contribution in [2.75, 3.05) is 17.2 Å². The second-order valence-electron chi connectivity index (χ2n) is 5.00. The summed E-state index contributed by atoms with van der Waals surface area (Å²) in [6.45, 7) is 3.89. The summed E-state index contributed by atoms with van der Waals surface area (Å²) in [6.07, 6.45) is 0. The number of rotatable bonds is 5. The number of carbonyl (C=O) groups excluding carboxylic acids is 3. The zero-order valence-corrected chi connectivity index (χ0v) is 13.5. The molecule has 0 saturated heterocycles. The predicted molar refractivity (Wildman–Crippen MR) is 91.3 cm³/mol. The lowest BCUT2D eigenvalue weighted by Crippen LogP contribution is -2.29. The molecule has 0 bridgehead atoms. The molecule has 0 atom stereocenters. The van der Waals surface area contributed by atoms with Crippen molar-refractivity contribution >= 4 is 29.0 Å². The zero-order chi connectivity index (χ0) is 17.5. The highest BCUT2D eigenvalue weighted by Gasteiger charge is 2.14. The Hall–Kier alpha value is -3.15. The summed E-state index contributed by atoms with van der Waals surface area (Å²) in [5.74, 6) is -0.958. The molecule has 24 heavy (non-hydrogen) atoms. The molecule has 0 unspecified atom stereocenters. The number of amides is 2. The van der Waals surface area contributed by atoms with Gasteiger partial charge in [0.15, 0.2) is 5.78 Å². The van der Waals surface area contributed by atoms with Gasteiger partial charge < -0.3 is 15.4 Å². The zero-order valence-electron chi connectivity index (χ0n) is 13.5. The van der Waals surface area contributed by atoms with Crippen LogP contribution in [0, 0.1) is 0 Å². The van der Waals surface area contributed by atoms with E-state index < -0.39 is 11.8 Å². The minimum Gasteiger partial charge on any atom is -0.494 e. The van der Waals surface area contributed by atoms with Crippen LogP contribution in [0.1, 0.15) is 24.2 Å². The maximum atomic E-state index is 11.9. The van der Waals surface area contributed by atoms with Gasteiger partial charge in [0.1, 0.15) is 5.75 Å². The molecule has 6 heteroatoms. The number of Topliss-reactive ketones (excluding diaryl/α,β-unsaturated/α-hetero) is 1. The average Bonchev–Trinajstić information content (AvgIpc) is 2.57. The number of nitrogens with one attached hydrogen (secondary N) is 2. The van der Waals surface area contributed by atoms with E-state index in [1.165, 1.54) is 6.92 Å². The molecule has 124 valence electrons. The van der Waals surface area contributed by atoms with E-state index in [0.29, 0.717) is 29.3 Å². The van der Waals surface area contributed by atoms with E-state index >= 15 is 0 Å². The Morgan fingerprint density at radius 2 is 1.29 bits per heavy atom. The Kier molecular flexibility index (Phi) is 5.68. The molecule has 0 aliphatic heterocycles. The normalized spacial score (nSPS) is 9.92. The first kappa shape index (κ1) is 17.2. The molecule has 2 amide bonds. The second-order valence-corrected chi connectivity index (χ2v) is 5.00. The van der Waals surface area contributed by atoms with Crippen molar-refractivity contribution in [2.45, 2.75) is 13.8 Å². The van der Waals surface area contributed by atoms with Crippen molar-refractivity contribution in [1.29, 1.82) is 0 Å². The SMILES string of the molecule is CCOc1ccc(NC(=O)C(=O)Nc2ccc(C(C)=O)cc2)cc1.